The molecule has 0 spiro atoms. The van der Waals surface area contributed by atoms with Crippen molar-refractivity contribution in [2.75, 3.05) is 0 Å². The van der Waals surface area contributed by atoms with E-state index in [1.807, 2.05) is 6.92 Å². The highest BCUT2D eigenvalue weighted by atomic mass is 19.1. The lowest BCUT2D eigenvalue weighted by Crippen LogP contribution is -2.19. The SMILES string of the molecule is C[C@@H](NCc1ccc([N+](=O)[O-])cc1)c1ccccc1F. The summed E-state index contributed by atoms with van der Waals surface area (Å²) < 4.78 is 13.6. The highest BCUT2D eigenvalue weighted by Gasteiger charge is 2.10. The summed E-state index contributed by atoms with van der Waals surface area (Å²) >= 11 is 0. The zero-order valence-electron chi connectivity index (χ0n) is 11.0. The van der Waals surface area contributed by atoms with Gasteiger partial charge in [-0.25, -0.2) is 4.39 Å². The average Bonchev–Trinajstić information content (AvgIpc) is 2.45. The molecule has 104 valence electrons. The van der Waals surface area contributed by atoms with Crippen molar-refractivity contribution in [3.8, 4) is 0 Å². The van der Waals surface area contributed by atoms with Crippen molar-refractivity contribution in [2.45, 2.75) is 19.5 Å². The molecule has 0 aliphatic rings. The van der Waals surface area contributed by atoms with Crippen LogP contribution in [0, 0.1) is 15.9 Å². The first-order chi connectivity index (χ1) is 9.58. The lowest BCUT2D eigenvalue weighted by molar-refractivity contribution is -0.384. The number of nitro benzene ring substituents is 1. The van der Waals surface area contributed by atoms with E-state index in [-0.39, 0.29) is 17.5 Å². The fraction of sp³-hybridized carbons (Fsp3) is 0.200. The van der Waals surface area contributed by atoms with Gasteiger partial charge >= 0.3 is 0 Å². The molecule has 0 unspecified atom stereocenters. The van der Waals surface area contributed by atoms with Crippen molar-refractivity contribution in [1.82, 2.24) is 5.32 Å². The Morgan fingerprint density at radius 1 is 1.20 bits per heavy atom. The molecule has 1 N–H and O–H groups in total. The Balaban J connectivity index is 1.98. The number of benzene rings is 2. The number of nitro groups is 1. The third kappa shape index (κ3) is 3.39. The molecule has 0 fully saturated rings. The first-order valence-electron chi connectivity index (χ1n) is 6.29. The minimum absolute atomic E-state index is 0.0657. The molecule has 0 aliphatic carbocycles. The van der Waals surface area contributed by atoms with Gasteiger partial charge in [0.15, 0.2) is 0 Å². The number of non-ortho nitro benzene ring substituents is 1. The normalized spacial score (nSPS) is 12.1. The van der Waals surface area contributed by atoms with Crippen molar-refractivity contribution in [3.05, 3.63) is 75.6 Å². The van der Waals surface area contributed by atoms with E-state index in [0.29, 0.717) is 12.1 Å². The van der Waals surface area contributed by atoms with Gasteiger partial charge in [0, 0.05) is 30.3 Å². The van der Waals surface area contributed by atoms with Crippen LogP contribution in [0.25, 0.3) is 0 Å². The molecule has 0 radical (unpaired) electrons. The van der Waals surface area contributed by atoms with E-state index in [1.54, 1.807) is 30.3 Å². The smallest absolute Gasteiger partial charge is 0.269 e. The summed E-state index contributed by atoms with van der Waals surface area (Å²) in [6.07, 6.45) is 0. The third-order valence-corrected chi connectivity index (χ3v) is 3.13. The van der Waals surface area contributed by atoms with Crippen LogP contribution in [0.2, 0.25) is 0 Å². The maximum absolute atomic E-state index is 13.6. The number of nitrogens with zero attached hydrogens (tertiary/aromatic N) is 1. The summed E-state index contributed by atoms with van der Waals surface area (Å²) in [5, 5.41) is 13.7. The Bertz CT molecular complexity index is 599. The first kappa shape index (κ1) is 14.1. The summed E-state index contributed by atoms with van der Waals surface area (Å²) in [6.45, 7) is 2.40. The number of hydrogen-bond acceptors (Lipinski definition) is 3. The fourth-order valence-corrected chi connectivity index (χ4v) is 1.94. The number of rotatable bonds is 5. The average molecular weight is 274 g/mol. The Labute approximate surface area is 116 Å². The Hall–Kier alpha value is -2.27. The topological polar surface area (TPSA) is 55.2 Å². The summed E-state index contributed by atoms with van der Waals surface area (Å²) in [6, 6.07) is 12.8. The maximum Gasteiger partial charge on any atom is 0.269 e. The van der Waals surface area contributed by atoms with Crippen LogP contribution in [-0.4, -0.2) is 4.92 Å². The van der Waals surface area contributed by atoms with Gasteiger partial charge in [0.25, 0.3) is 5.69 Å². The lowest BCUT2D eigenvalue weighted by Gasteiger charge is -2.15. The molecule has 0 aromatic heterocycles. The summed E-state index contributed by atoms with van der Waals surface area (Å²) in [5.41, 5.74) is 1.59. The standard InChI is InChI=1S/C15H15FN2O2/c1-11(14-4-2-3-5-15(14)16)17-10-12-6-8-13(9-7-12)18(19)20/h2-9,11,17H,10H2,1H3/t11-/m1/s1. The van der Waals surface area contributed by atoms with Gasteiger partial charge in [-0.2, -0.15) is 0 Å². The molecule has 2 rings (SSSR count). The summed E-state index contributed by atoms with van der Waals surface area (Å²) in [7, 11) is 0. The van der Waals surface area contributed by atoms with Gasteiger partial charge in [0.2, 0.25) is 0 Å². The van der Waals surface area contributed by atoms with Crippen LogP contribution >= 0.6 is 0 Å². The molecule has 0 amide bonds. The minimum Gasteiger partial charge on any atom is -0.306 e. The Kier molecular flexibility index (Phi) is 4.42. The van der Waals surface area contributed by atoms with Gasteiger partial charge < -0.3 is 5.32 Å². The van der Waals surface area contributed by atoms with E-state index in [0.717, 1.165) is 5.56 Å². The summed E-state index contributed by atoms with van der Waals surface area (Å²) in [4.78, 5) is 10.1. The Morgan fingerprint density at radius 2 is 1.85 bits per heavy atom. The van der Waals surface area contributed by atoms with Gasteiger partial charge in [-0.1, -0.05) is 30.3 Å². The van der Waals surface area contributed by atoms with E-state index >= 15 is 0 Å². The van der Waals surface area contributed by atoms with Crippen LogP contribution < -0.4 is 5.32 Å². The molecule has 0 heterocycles. The predicted octanol–water partition coefficient (Wildman–Crippen LogP) is 3.58. The van der Waals surface area contributed by atoms with Crippen LogP contribution in [0.15, 0.2) is 48.5 Å². The summed E-state index contributed by atoms with van der Waals surface area (Å²) in [5.74, 6) is -0.240. The zero-order valence-corrected chi connectivity index (χ0v) is 11.0. The molecule has 4 nitrogen and oxygen atoms in total. The molecule has 1 atom stereocenters. The van der Waals surface area contributed by atoms with Crippen molar-refractivity contribution in [3.63, 3.8) is 0 Å². The van der Waals surface area contributed by atoms with E-state index in [1.165, 1.54) is 18.2 Å². The van der Waals surface area contributed by atoms with Crippen LogP contribution in [0.1, 0.15) is 24.1 Å². The van der Waals surface area contributed by atoms with E-state index in [2.05, 4.69) is 5.32 Å². The molecule has 0 saturated heterocycles. The maximum atomic E-state index is 13.6. The Morgan fingerprint density at radius 3 is 2.45 bits per heavy atom. The second-order valence-electron chi connectivity index (χ2n) is 4.55. The lowest BCUT2D eigenvalue weighted by atomic mass is 10.1. The van der Waals surface area contributed by atoms with E-state index < -0.39 is 4.92 Å². The van der Waals surface area contributed by atoms with E-state index in [4.69, 9.17) is 0 Å². The fourth-order valence-electron chi connectivity index (χ4n) is 1.94. The van der Waals surface area contributed by atoms with E-state index in [9.17, 15) is 14.5 Å². The number of hydrogen-bond donors (Lipinski definition) is 1. The minimum atomic E-state index is -0.431. The van der Waals surface area contributed by atoms with Crippen LogP contribution in [0.4, 0.5) is 10.1 Å². The van der Waals surface area contributed by atoms with Crippen LogP contribution in [-0.2, 0) is 6.54 Å². The number of nitrogens with one attached hydrogen (secondary N) is 1. The van der Waals surface area contributed by atoms with Gasteiger partial charge in [-0.3, -0.25) is 10.1 Å². The second-order valence-corrected chi connectivity index (χ2v) is 4.55. The molecular formula is C15H15FN2O2. The van der Waals surface area contributed by atoms with Gasteiger partial charge in [0.1, 0.15) is 5.82 Å². The molecular weight excluding hydrogens is 259 g/mol. The van der Waals surface area contributed by atoms with Crippen molar-refractivity contribution >= 4 is 5.69 Å². The molecule has 0 aliphatic heterocycles. The molecule has 20 heavy (non-hydrogen) atoms. The zero-order chi connectivity index (χ0) is 14.5. The molecule has 0 saturated carbocycles. The molecule has 5 heteroatoms. The second kappa shape index (κ2) is 6.25. The molecule has 0 bridgehead atoms. The van der Waals surface area contributed by atoms with Crippen molar-refractivity contribution in [2.24, 2.45) is 0 Å². The molecule has 2 aromatic carbocycles. The number of halogens is 1. The van der Waals surface area contributed by atoms with Crippen molar-refractivity contribution in [1.29, 1.82) is 0 Å². The largest absolute Gasteiger partial charge is 0.306 e. The molecule has 2 aromatic rings. The highest BCUT2D eigenvalue weighted by molar-refractivity contribution is 5.33. The highest BCUT2D eigenvalue weighted by Crippen LogP contribution is 2.17. The predicted molar refractivity (Wildman–Crippen MR) is 74.8 cm³/mol. The monoisotopic (exact) mass is 274 g/mol. The first-order valence-corrected chi connectivity index (χ1v) is 6.29. The third-order valence-electron chi connectivity index (χ3n) is 3.13. The van der Waals surface area contributed by atoms with Crippen molar-refractivity contribution < 1.29 is 9.31 Å². The quantitative estimate of drug-likeness (QED) is 0.669. The van der Waals surface area contributed by atoms with Gasteiger partial charge in [-0.05, 0) is 18.6 Å². The van der Waals surface area contributed by atoms with Gasteiger partial charge in [-0.15, -0.1) is 0 Å². The van der Waals surface area contributed by atoms with Gasteiger partial charge in [0.05, 0.1) is 4.92 Å². The van der Waals surface area contributed by atoms with Crippen LogP contribution in [0.3, 0.4) is 0 Å². The van der Waals surface area contributed by atoms with Crippen LogP contribution in [0.5, 0.6) is 0 Å².